The molecule has 3 saturated carbocycles. The van der Waals surface area contributed by atoms with E-state index in [9.17, 15) is 0 Å². The molecule has 0 N–H and O–H groups in total. The lowest BCUT2D eigenvalue weighted by molar-refractivity contribution is 0.420. The van der Waals surface area contributed by atoms with E-state index in [0.29, 0.717) is 11.8 Å². The van der Waals surface area contributed by atoms with E-state index in [-0.39, 0.29) is 5.41 Å². The molecule has 11 rings (SSSR count). The van der Waals surface area contributed by atoms with Gasteiger partial charge in [-0.2, -0.15) is 0 Å². The van der Waals surface area contributed by atoms with E-state index >= 15 is 0 Å². The Morgan fingerprint density at radius 2 is 1.23 bits per heavy atom. The van der Waals surface area contributed by atoms with Crippen molar-refractivity contribution in [3.05, 3.63) is 174 Å². The summed E-state index contributed by atoms with van der Waals surface area (Å²) < 4.78 is 0. The third kappa shape index (κ3) is 5.88. The van der Waals surface area contributed by atoms with Crippen LogP contribution in [0, 0.1) is 11.8 Å². The fraction of sp³-hybridized carbons (Fsp3) is 0.286. The molecular formula is C56H53N. The summed E-state index contributed by atoms with van der Waals surface area (Å²) in [6.07, 6.45) is 12.3. The van der Waals surface area contributed by atoms with E-state index < -0.39 is 0 Å². The fourth-order valence-electron chi connectivity index (χ4n) is 11.9. The van der Waals surface area contributed by atoms with E-state index in [4.69, 9.17) is 0 Å². The third-order valence-electron chi connectivity index (χ3n) is 14.7. The maximum Gasteiger partial charge on any atom is 0.0543 e. The molecule has 3 atom stereocenters. The fourth-order valence-corrected chi connectivity index (χ4v) is 11.9. The standard InChI is InChI=1S/C56H53N/c1-56(2)51-20-12-19-48(40-15-8-4-9-16-40)54(51)49-31-32-52(53(55(49)56)42-17-10-5-11-18-42)57(46-28-26-41(27-29-46)50-34-37-21-22-44(50)33-37)47-30-25-39-23-24-43(35-45(39)36-47)38-13-6-3-7-14-38/h4-5,8-12,15-20,23-32,35-38,44,50H,3,6-7,13-14,21-22,33-34H2,1-2H3. The highest BCUT2D eigenvalue weighted by Crippen LogP contribution is 2.58. The van der Waals surface area contributed by atoms with Crippen LogP contribution in [0.25, 0.3) is 44.2 Å². The minimum absolute atomic E-state index is 0.216. The Bertz CT molecular complexity index is 2590. The van der Waals surface area contributed by atoms with Gasteiger partial charge < -0.3 is 4.90 Å². The van der Waals surface area contributed by atoms with Crippen LogP contribution in [0.5, 0.6) is 0 Å². The summed E-state index contributed by atoms with van der Waals surface area (Å²) in [5.74, 6) is 3.18. The van der Waals surface area contributed by atoms with Gasteiger partial charge in [-0.3, -0.25) is 0 Å². The van der Waals surface area contributed by atoms with Crippen LogP contribution < -0.4 is 4.90 Å². The van der Waals surface area contributed by atoms with Crippen LogP contribution in [0.15, 0.2) is 152 Å². The molecule has 1 heteroatoms. The van der Waals surface area contributed by atoms with Crippen LogP contribution >= 0.6 is 0 Å². The summed E-state index contributed by atoms with van der Waals surface area (Å²) in [5, 5.41) is 2.65. The zero-order chi connectivity index (χ0) is 38.1. The van der Waals surface area contributed by atoms with Crippen LogP contribution in [0.4, 0.5) is 17.1 Å². The molecule has 0 spiro atoms. The summed E-state index contributed by atoms with van der Waals surface area (Å²) in [5.41, 5.74) is 17.2. The molecule has 3 unspecified atom stereocenters. The van der Waals surface area contributed by atoms with Crippen LogP contribution in [0.2, 0.25) is 0 Å². The van der Waals surface area contributed by atoms with Crippen molar-refractivity contribution < 1.29 is 0 Å². The first kappa shape index (κ1) is 34.8. The summed E-state index contributed by atoms with van der Waals surface area (Å²) in [6.45, 7) is 4.89. The number of rotatable bonds is 7. The largest absolute Gasteiger partial charge is 0.310 e. The molecular weight excluding hydrogens is 687 g/mol. The van der Waals surface area contributed by atoms with Crippen LogP contribution in [0.3, 0.4) is 0 Å². The van der Waals surface area contributed by atoms with Crippen molar-refractivity contribution in [2.24, 2.45) is 11.8 Å². The Morgan fingerprint density at radius 3 is 1.96 bits per heavy atom. The number of benzene rings is 7. The maximum atomic E-state index is 2.58. The third-order valence-corrected chi connectivity index (χ3v) is 14.7. The monoisotopic (exact) mass is 739 g/mol. The number of fused-ring (bicyclic) bond motifs is 6. The Kier molecular flexibility index (Phi) is 8.50. The number of anilines is 3. The van der Waals surface area contributed by atoms with Crippen LogP contribution in [0.1, 0.15) is 106 Å². The van der Waals surface area contributed by atoms with Crippen molar-refractivity contribution in [1.29, 1.82) is 0 Å². The second-order valence-electron chi connectivity index (χ2n) is 18.3. The molecule has 0 aliphatic heterocycles. The first-order chi connectivity index (χ1) is 28.0. The minimum Gasteiger partial charge on any atom is -0.310 e. The van der Waals surface area contributed by atoms with Crippen molar-refractivity contribution in [2.45, 2.75) is 88.9 Å². The topological polar surface area (TPSA) is 3.24 Å². The maximum absolute atomic E-state index is 2.58. The molecule has 4 aliphatic carbocycles. The van der Waals surface area contributed by atoms with Gasteiger partial charge in [0.1, 0.15) is 0 Å². The molecule has 0 amide bonds. The number of hydrogen-bond acceptors (Lipinski definition) is 1. The first-order valence-electron chi connectivity index (χ1n) is 21.9. The van der Waals surface area contributed by atoms with Gasteiger partial charge in [-0.05, 0) is 147 Å². The van der Waals surface area contributed by atoms with Crippen LogP contribution in [-0.2, 0) is 5.41 Å². The summed E-state index contributed by atoms with van der Waals surface area (Å²) >= 11 is 0. The minimum atomic E-state index is -0.216. The molecule has 1 nitrogen and oxygen atoms in total. The predicted molar refractivity (Wildman–Crippen MR) is 241 cm³/mol. The van der Waals surface area contributed by atoms with Crippen molar-refractivity contribution >= 4 is 27.8 Å². The van der Waals surface area contributed by atoms with Crippen molar-refractivity contribution in [1.82, 2.24) is 0 Å². The van der Waals surface area contributed by atoms with Crippen molar-refractivity contribution in [2.75, 3.05) is 4.90 Å². The van der Waals surface area contributed by atoms with E-state index in [1.54, 1.807) is 0 Å². The smallest absolute Gasteiger partial charge is 0.0543 e. The van der Waals surface area contributed by atoms with Gasteiger partial charge in [-0.1, -0.05) is 161 Å². The lowest BCUT2D eigenvalue weighted by Crippen LogP contribution is -2.19. The van der Waals surface area contributed by atoms with Gasteiger partial charge in [0.15, 0.2) is 0 Å². The lowest BCUT2D eigenvalue weighted by atomic mass is 9.78. The molecule has 57 heavy (non-hydrogen) atoms. The molecule has 4 aliphatic rings. The molecule has 0 radical (unpaired) electrons. The van der Waals surface area contributed by atoms with Crippen molar-refractivity contribution in [3.8, 4) is 33.4 Å². The highest BCUT2D eigenvalue weighted by molar-refractivity contribution is 6.01. The second-order valence-corrected chi connectivity index (χ2v) is 18.3. The second kappa shape index (κ2) is 13.9. The molecule has 7 aromatic rings. The van der Waals surface area contributed by atoms with E-state index in [1.165, 1.54) is 141 Å². The molecule has 0 heterocycles. The average Bonchev–Trinajstić information content (AvgIpc) is 3.97. The van der Waals surface area contributed by atoms with E-state index in [2.05, 4.69) is 170 Å². The highest BCUT2D eigenvalue weighted by atomic mass is 15.1. The van der Waals surface area contributed by atoms with Crippen LogP contribution in [-0.4, -0.2) is 0 Å². The van der Waals surface area contributed by atoms with Gasteiger partial charge >= 0.3 is 0 Å². The van der Waals surface area contributed by atoms with Crippen molar-refractivity contribution in [3.63, 3.8) is 0 Å². The molecule has 2 bridgehead atoms. The predicted octanol–water partition coefficient (Wildman–Crippen LogP) is 15.9. The molecule has 0 aromatic heterocycles. The lowest BCUT2D eigenvalue weighted by Gasteiger charge is -2.32. The van der Waals surface area contributed by atoms with Gasteiger partial charge in [0.25, 0.3) is 0 Å². The quantitative estimate of drug-likeness (QED) is 0.157. The Hall–Kier alpha value is -5.40. The Morgan fingerprint density at radius 1 is 0.509 bits per heavy atom. The van der Waals surface area contributed by atoms with Gasteiger partial charge in [0.2, 0.25) is 0 Å². The Balaban J connectivity index is 1.13. The molecule has 282 valence electrons. The SMILES string of the molecule is CC1(C)c2cccc(-c3ccccc3)c2-c2ccc(N(c3ccc(C4CC5CCC4C5)cc3)c3ccc4ccc(C5CCCCC5)cc4c3)c(-c3ccccc3)c21. The van der Waals surface area contributed by atoms with E-state index in [0.717, 1.165) is 11.8 Å². The average molecular weight is 740 g/mol. The molecule has 3 fully saturated rings. The summed E-state index contributed by atoms with van der Waals surface area (Å²) in [6, 6.07) is 58.3. The summed E-state index contributed by atoms with van der Waals surface area (Å²) in [4.78, 5) is 2.58. The Labute approximate surface area is 339 Å². The highest BCUT2D eigenvalue weighted by Gasteiger charge is 2.42. The molecule has 7 aromatic carbocycles. The summed E-state index contributed by atoms with van der Waals surface area (Å²) in [7, 11) is 0. The van der Waals surface area contributed by atoms with Gasteiger partial charge in [-0.15, -0.1) is 0 Å². The van der Waals surface area contributed by atoms with Gasteiger partial charge in [0.05, 0.1) is 5.69 Å². The normalized spacial score (nSPS) is 20.8. The first-order valence-corrected chi connectivity index (χ1v) is 21.9. The van der Waals surface area contributed by atoms with Gasteiger partial charge in [-0.25, -0.2) is 0 Å². The molecule has 0 saturated heterocycles. The van der Waals surface area contributed by atoms with E-state index in [1.807, 2.05) is 0 Å². The number of nitrogens with zero attached hydrogens (tertiary/aromatic N) is 1. The van der Waals surface area contributed by atoms with Gasteiger partial charge in [0, 0.05) is 22.4 Å². The number of hydrogen-bond donors (Lipinski definition) is 0. The zero-order valence-corrected chi connectivity index (χ0v) is 33.6. The zero-order valence-electron chi connectivity index (χ0n) is 33.6.